The van der Waals surface area contributed by atoms with Crippen LogP contribution < -0.4 is 10.6 Å². The van der Waals surface area contributed by atoms with Crippen LogP contribution in [-0.2, 0) is 14.3 Å². The largest absolute Gasteiger partial charge is 0.446 e. The van der Waals surface area contributed by atoms with Crippen LogP contribution in [0.3, 0.4) is 0 Å². The Morgan fingerprint density at radius 1 is 0.812 bits per heavy atom. The molecule has 32 heavy (non-hydrogen) atoms. The van der Waals surface area contributed by atoms with E-state index in [0.717, 1.165) is 0 Å². The van der Waals surface area contributed by atoms with Crippen molar-refractivity contribution in [3.05, 3.63) is 102 Å². The lowest BCUT2D eigenvalue weighted by Crippen LogP contribution is -2.33. The van der Waals surface area contributed by atoms with Gasteiger partial charge in [0, 0.05) is 22.4 Å². The summed E-state index contributed by atoms with van der Waals surface area (Å²) >= 11 is 0. The number of carbonyl (C=O) groups excluding carboxylic acids is 4. The molecule has 2 N–H and O–H groups in total. The molecule has 0 saturated carbocycles. The lowest BCUT2D eigenvalue weighted by Gasteiger charge is -2.18. The van der Waals surface area contributed by atoms with Crippen LogP contribution in [0.5, 0.6) is 0 Å². The number of amides is 2. The number of benzene rings is 3. The highest BCUT2D eigenvalue weighted by atomic mass is 16.5. The molecule has 1 atom stereocenters. The van der Waals surface area contributed by atoms with Crippen LogP contribution in [0.2, 0.25) is 0 Å². The summed E-state index contributed by atoms with van der Waals surface area (Å²) in [7, 11) is 0. The average Bonchev–Trinajstić information content (AvgIpc) is 2.82. The molecule has 0 aliphatic rings. The van der Waals surface area contributed by atoms with Gasteiger partial charge in [-0.3, -0.25) is 19.2 Å². The molecule has 0 heterocycles. The lowest BCUT2D eigenvalue weighted by atomic mass is 10.1. The first-order valence-corrected chi connectivity index (χ1v) is 9.93. The Balaban J connectivity index is 1.69. The van der Waals surface area contributed by atoms with Gasteiger partial charge in [-0.2, -0.15) is 0 Å². The molecular formula is C25H22N2O5. The number of nitrogens with one attached hydrogen (secondary N) is 2. The highest BCUT2D eigenvalue weighted by Gasteiger charge is 2.25. The molecule has 0 aliphatic carbocycles. The van der Waals surface area contributed by atoms with Gasteiger partial charge in [-0.1, -0.05) is 60.7 Å². The van der Waals surface area contributed by atoms with Gasteiger partial charge >= 0.3 is 5.97 Å². The second-order valence-electron chi connectivity index (χ2n) is 6.96. The lowest BCUT2D eigenvalue weighted by molar-refractivity contribution is -0.153. The zero-order chi connectivity index (χ0) is 22.9. The summed E-state index contributed by atoms with van der Waals surface area (Å²) in [5, 5.41) is 5.16. The molecule has 2 amide bonds. The summed E-state index contributed by atoms with van der Waals surface area (Å²) < 4.78 is 5.40. The molecule has 0 spiro atoms. The van der Waals surface area contributed by atoms with Gasteiger partial charge in [-0.05, 0) is 31.2 Å². The first-order chi connectivity index (χ1) is 15.4. The maximum absolute atomic E-state index is 12.9. The van der Waals surface area contributed by atoms with Crippen LogP contribution in [0.25, 0.3) is 0 Å². The van der Waals surface area contributed by atoms with Crippen molar-refractivity contribution in [2.24, 2.45) is 0 Å². The first kappa shape index (κ1) is 22.4. The molecule has 1 unspecified atom stereocenters. The van der Waals surface area contributed by atoms with Crippen molar-refractivity contribution in [1.82, 2.24) is 5.32 Å². The molecule has 3 aromatic carbocycles. The zero-order valence-electron chi connectivity index (χ0n) is 17.4. The van der Waals surface area contributed by atoms with Crippen molar-refractivity contribution >= 4 is 29.3 Å². The van der Waals surface area contributed by atoms with E-state index in [2.05, 4.69) is 10.6 Å². The molecule has 162 valence electrons. The van der Waals surface area contributed by atoms with Crippen LogP contribution in [0.15, 0.2) is 84.9 Å². The van der Waals surface area contributed by atoms with E-state index in [1.807, 2.05) is 0 Å². The first-order valence-electron chi connectivity index (χ1n) is 9.93. The fourth-order valence-corrected chi connectivity index (χ4v) is 2.94. The Kier molecular flexibility index (Phi) is 7.48. The number of rotatable bonds is 8. The third-order valence-corrected chi connectivity index (χ3v) is 4.56. The predicted molar refractivity (Wildman–Crippen MR) is 119 cm³/mol. The van der Waals surface area contributed by atoms with Crippen LogP contribution in [0.1, 0.15) is 39.3 Å². The third kappa shape index (κ3) is 6.12. The van der Waals surface area contributed by atoms with Gasteiger partial charge in [-0.15, -0.1) is 0 Å². The van der Waals surface area contributed by atoms with Crippen molar-refractivity contribution in [3.8, 4) is 0 Å². The summed E-state index contributed by atoms with van der Waals surface area (Å²) in [6.45, 7) is 1.03. The minimum absolute atomic E-state index is 0.138. The SMILES string of the molecule is CC(=O)c1cccc(NC(=O)C(OC(=O)CNC(=O)c2ccccc2)c2ccccc2)c1. The van der Waals surface area contributed by atoms with E-state index < -0.39 is 30.4 Å². The van der Waals surface area contributed by atoms with Crippen molar-refractivity contribution in [2.75, 3.05) is 11.9 Å². The minimum atomic E-state index is -1.24. The van der Waals surface area contributed by atoms with Crippen LogP contribution in [0.4, 0.5) is 5.69 Å². The van der Waals surface area contributed by atoms with Gasteiger partial charge in [0.1, 0.15) is 6.54 Å². The molecule has 3 aromatic rings. The predicted octanol–water partition coefficient (Wildman–Crippen LogP) is 3.54. The molecule has 7 heteroatoms. The standard InChI is InChI=1S/C25H22N2O5/c1-17(28)20-13-8-14-21(15-20)27-25(31)23(18-9-4-2-5-10-18)32-22(29)16-26-24(30)19-11-6-3-7-12-19/h2-15,23H,16H2,1H3,(H,26,30)(H,27,31). The van der Waals surface area contributed by atoms with Gasteiger partial charge in [0.2, 0.25) is 6.10 Å². The van der Waals surface area contributed by atoms with Gasteiger partial charge in [0.25, 0.3) is 11.8 Å². The molecule has 0 aliphatic heterocycles. The number of ketones is 1. The van der Waals surface area contributed by atoms with Crippen LogP contribution in [-0.4, -0.2) is 30.1 Å². The quantitative estimate of drug-likeness (QED) is 0.420. The Morgan fingerprint density at radius 2 is 1.44 bits per heavy atom. The highest BCUT2D eigenvalue weighted by molar-refractivity contribution is 5.99. The molecule has 0 bridgehead atoms. The van der Waals surface area contributed by atoms with E-state index in [1.54, 1.807) is 84.9 Å². The number of hydrogen-bond acceptors (Lipinski definition) is 5. The second-order valence-corrected chi connectivity index (χ2v) is 6.96. The van der Waals surface area contributed by atoms with Gasteiger partial charge < -0.3 is 15.4 Å². The summed E-state index contributed by atoms with van der Waals surface area (Å²) in [6, 6.07) is 23.4. The average molecular weight is 430 g/mol. The topological polar surface area (TPSA) is 102 Å². The van der Waals surface area contributed by atoms with E-state index in [9.17, 15) is 19.2 Å². The van der Waals surface area contributed by atoms with Crippen molar-refractivity contribution in [3.63, 3.8) is 0 Å². The van der Waals surface area contributed by atoms with Gasteiger partial charge in [-0.25, -0.2) is 0 Å². The van der Waals surface area contributed by atoms with Crippen molar-refractivity contribution in [1.29, 1.82) is 0 Å². The molecule has 7 nitrogen and oxygen atoms in total. The number of anilines is 1. The van der Waals surface area contributed by atoms with E-state index in [1.165, 1.54) is 6.92 Å². The van der Waals surface area contributed by atoms with Crippen LogP contribution in [0, 0.1) is 0 Å². The smallest absolute Gasteiger partial charge is 0.326 e. The Hall–Kier alpha value is -4.26. The Labute approximate surface area is 185 Å². The summed E-state index contributed by atoms with van der Waals surface area (Å²) in [6.07, 6.45) is -1.24. The van der Waals surface area contributed by atoms with Crippen LogP contribution >= 0.6 is 0 Å². The number of hydrogen-bond donors (Lipinski definition) is 2. The number of esters is 1. The number of ether oxygens (including phenoxy) is 1. The highest BCUT2D eigenvalue weighted by Crippen LogP contribution is 2.21. The van der Waals surface area contributed by atoms with E-state index in [0.29, 0.717) is 22.4 Å². The number of Topliss-reactive ketones (excluding diaryl/α,β-unsaturated/α-hetero) is 1. The molecular weight excluding hydrogens is 408 g/mol. The van der Waals surface area contributed by atoms with E-state index >= 15 is 0 Å². The summed E-state index contributed by atoms with van der Waals surface area (Å²) in [5.41, 5.74) is 1.72. The normalized spacial score (nSPS) is 11.2. The molecule has 3 rings (SSSR count). The maximum atomic E-state index is 12.9. The van der Waals surface area contributed by atoms with Gasteiger partial charge in [0.15, 0.2) is 5.78 Å². The van der Waals surface area contributed by atoms with Crippen molar-refractivity contribution in [2.45, 2.75) is 13.0 Å². The van der Waals surface area contributed by atoms with E-state index in [4.69, 9.17) is 4.74 Å². The monoisotopic (exact) mass is 430 g/mol. The molecule has 0 aromatic heterocycles. The molecule has 0 saturated heterocycles. The summed E-state index contributed by atoms with van der Waals surface area (Å²) in [4.78, 5) is 49.1. The van der Waals surface area contributed by atoms with Crippen molar-refractivity contribution < 1.29 is 23.9 Å². The second kappa shape index (κ2) is 10.7. The fourth-order valence-electron chi connectivity index (χ4n) is 2.94. The Bertz CT molecular complexity index is 1110. The number of carbonyl (C=O) groups is 4. The molecule has 0 fully saturated rings. The summed E-state index contributed by atoms with van der Waals surface area (Å²) in [5.74, 6) is -1.92. The maximum Gasteiger partial charge on any atom is 0.326 e. The zero-order valence-corrected chi connectivity index (χ0v) is 17.4. The van der Waals surface area contributed by atoms with E-state index in [-0.39, 0.29) is 5.78 Å². The Morgan fingerprint density at radius 3 is 2.09 bits per heavy atom. The molecule has 0 radical (unpaired) electrons. The third-order valence-electron chi connectivity index (χ3n) is 4.56. The minimum Gasteiger partial charge on any atom is -0.446 e. The van der Waals surface area contributed by atoms with Gasteiger partial charge in [0.05, 0.1) is 0 Å². The fraction of sp³-hybridized carbons (Fsp3) is 0.120.